The quantitative estimate of drug-likeness (QED) is 0.686. The predicted octanol–water partition coefficient (Wildman–Crippen LogP) is 3.42. The number of halogens is 3. The molecule has 0 fully saturated rings. The van der Waals surface area contributed by atoms with E-state index in [4.69, 9.17) is 0 Å². The third-order valence-corrected chi connectivity index (χ3v) is 3.61. The number of rotatable bonds is 9. The molecule has 0 aliphatic rings. The van der Waals surface area contributed by atoms with Gasteiger partial charge in [-0.2, -0.15) is 13.2 Å². The van der Waals surface area contributed by atoms with E-state index in [0.717, 1.165) is 45.1 Å². The molecule has 0 saturated heterocycles. The molecule has 0 aromatic heterocycles. The van der Waals surface area contributed by atoms with Crippen LogP contribution in [0.2, 0.25) is 0 Å². The van der Waals surface area contributed by atoms with Crippen molar-refractivity contribution in [3.8, 4) is 0 Å². The van der Waals surface area contributed by atoms with E-state index < -0.39 is 11.7 Å². The highest BCUT2D eigenvalue weighted by molar-refractivity contribution is 5.49. The number of hydrogen-bond acceptors (Lipinski definition) is 3. The van der Waals surface area contributed by atoms with Gasteiger partial charge in [-0.25, -0.2) is 0 Å². The standard InChI is InChI=1S/C17H28F3N3/c1-21(2)10-6-12-23(13-7-11-22(3)4)16-9-5-8-15(14-16)17(18,19)20/h5,8-9,14H,6-7,10-13H2,1-4H3. The van der Waals surface area contributed by atoms with Crippen LogP contribution >= 0.6 is 0 Å². The first kappa shape index (κ1) is 19.8. The minimum absolute atomic E-state index is 0.583. The summed E-state index contributed by atoms with van der Waals surface area (Å²) in [4.78, 5) is 6.23. The molecule has 0 aliphatic heterocycles. The van der Waals surface area contributed by atoms with Crippen LogP contribution < -0.4 is 4.90 Å². The molecule has 132 valence electrons. The highest BCUT2D eigenvalue weighted by Gasteiger charge is 2.30. The molecule has 0 aliphatic carbocycles. The molecule has 3 nitrogen and oxygen atoms in total. The molecular weight excluding hydrogens is 303 g/mol. The summed E-state index contributed by atoms with van der Waals surface area (Å²) < 4.78 is 38.7. The number of benzene rings is 1. The Hall–Kier alpha value is -1.27. The van der Waals surface area contributed by atoms with Crippen molar-refractivity contribution in [2.24, 2.45) is 0 Å². The second kappa shape index (κ2) is 9.13. The SMILES string of the molecule is CN(C)CCCN(CCCN(C)C)c1cccc(C(F)(F)F)c1. The van der Waals surface area contributed by atoms with Crippen LogP contribution in [0.25, 0.3) is 0 Å². The number of hydrogen-bond donors (Lipinski definition) is 0. The summed E-state index contributed by atoms with van der Waals surface area (Å²) in [5.74, 6) is 0. The molecule has 0 N–H and O–H groups in total. The molecule has 1 aromatic rings. The summed E-state index contributed by atoms with van der Waals surface area (Å²) >= 11 is 0. The van der Waals surface area contributed by atoms with Crippen molar-refractivity contribution in [3.63, 3.8) is 0 Å². The second-order valence-corrected chi connectivity index (χ2v) is 6.35. The zero-order chi connectivity index (χ0) is 17.5. The zero-order valence-electron chi connectivity index (χ0n) is 14.5. The largest absolute Gasteiger partial charge is 0.416 e. The van der Waals surface area contributed by atoms with Gasteiger partial charge in [-0.15, -0.1) is 0 Å². The van der Waals surface area contributed by atoms with Gasteiger partial charge in [-0.1, -0.05) is 6.07 Å². The summed E-state index contributed by atoms with van der Waals surface area (Å²) in [6.45, 7) is 3.35. The lowest BCUT2D eigenvalue weighted by molar-refractivity contribution is -0.137. The summed E-state index contributed by atoms with van der Waals surface area (Å²) in [6.07, 6.45) is -2.45. The molecule has 0 spiro atoms. The topological polar surface area (TPSA) is 9.72 Å². The molecule has 0 amide bonds. The second-order valence-electron chi connectivity index (χ2n) is 6.35. The third-order valence-electron chi connectivity index (χ3n) is 3.61. The smallest absolute Gasteiger partial charge is 0.371 e. The summed E-state index contributed by atoms with van der Waals surface area (Å²) in [7, 11) is 8.00. The monoisotopic (exact) mass is 331 g/mol. The summed E-state index contributed by atoms with van der Waals surface area (Å²) in [5, 5.41) is 0. The van der Waals surface area contributed by atoms with Gasteiger partial charge in [0, 0.05) is 18.8 Å². The van der Waals surface area contributed by atoms with E-state index in [1.807, 2.05) is 28.2 Å². The Kier molecular flexibility index (Phi) is 7.85. The Labute approximate surface area is 137 Å². The fourth-order valence-corrected chi connectivity index (χ4v) is 2.40. The first-order valence-corrected chi connectivity index (χ1v) is 7.92. The van der Waals surface area contributed by atoms with Crippen molar-refractivity contribution in [1.82, 2.24) is 9.80 Å². The minimum Gasteiger partial charge on any atom is -0.371 e. The Morgan fingerprint density at radius 2 is 1.35 bits per heavy atom. The lowest BCUT2D eigenvalue weighted by Crippen LogP contribution is -2.30. The molecular formula is C17H28F3N3. The predicted molar refractivity (Wildman–Crippen MR) is 90.0 cm³/mol. The first-order valence-electron chi connectivity index (χ1n) is 7.92. The lowest BCUT2D eigenvalue weighted by Gasteiger charge is -2.27. The lowest BCUT2D eigenvalue weighted by atomic mass is 10.1. The van der Waals surface area contributed by atoms with Crippen LogP contribution in [0.5, 0.6) is 0 Å². The fraction of sp³-hybridized carbons (Fsp3) is 0.647. The van der Waals surface area contributed by atoms with Crippen molar-refractivity contribution in [2.75, 3.05) is 59.3 Å². The van der Waals surface area contributed by atoms with Crippen LogP contribution in [0, 0.1) is 0 Å². The maximum Gasteiger partial charge on any atom is 0.416 e. The molecule has 23 heavy (non-hydrogen) atoms. The van der Waals surface area contributed by atoms with Gasteiger partial charge >= 0.3 is 6.18 Å². The highest BCUT2D eigenvalue weighted by atomic mass is 19.4. The molecule has 0 unspecified atom stereocenters. The van der Waals surface area contributed by atoms with Gasteiger partial charge in [0.1, 0.15) is 0 Å². The van der Waals surface area contributed by atoms with Gasteiger partial charge in [-0.05, 0) is 72.3 Å². The molecule has 1 rings (SSSR count). The normalized spacial score (nSPS) is 12.2. The van der Waals surface area contributed by atoms with Crippen molar-refractivity contribution >= 4 is 5.69 Å². The average molecular weight is 331 g/mol. The maximum absolute atomic E-state index is 12.9. The molecule has 0 heterocycles. The van der Waals surface area contributed by atoms with Crippen LogP contribution in [-0.4, -0.2) is 64.2 Å². The van der Waals surface area contributed by atoms with Crippen LogP contribution in [-0.2, 0) is 6.18 Å². The maximum atomic E-state index is 12.9. The van der Waals surface area contributed by atoms with E-state index in [1.165, 1.54) is 12.1 Å². The van der Waals surface area contributed by atoms with E-state index in [-0.39, 0.29) is 0 Å². The molecule has 1 aromatic carbocycles. The molecule has 0 saturated carbocycles. The van der Waals surface area contributed by atoms with Gasteiger partial charge in [0.15, 0.2) is 0 Å². The van der Waals surface area contributed by atoms with Crippen molar-refractivity contribution in [2.45, 2.75) is 19.0 Å². The highest BCUT2D eigenvalue weighted by Crippen LogP contribution is 2.31. The van der Waals surface area contributed by atoms with Crippen LogP contribution in [0.4, 0.5) is 18.9 Å². The van der Waals surface area contributed by atoms with Gasteiger partial charge < -0.3 is 14.7 Å². The van der Waals surface area contributed by atoms with Crippen molar-refractivity contribution in [1.29, 1.82) is 0 Å². The van der Waals surface area contributed by atoms with Crippen LogP contribution in [0.15, 0.2) is 24.3 Å². The van der Waals surface area contributed by atoms with Gasteiger partial charge in [-0.3, -0.25) is 0 Å². The van der Waals surface area contributed by atoms with Crippen LogP contribution in [0.3, 0.4) is 0 Å². The Morgan fingerprint density at radius 3 is 1.78 bits per heavy atom. The van der Waals surface area contributed by atoms with Gasteiger partial charge in [0.05, 0.1) is 5.56 Å². The van der Waals surface area contributed by atoms with Gasteiger partial charge in [0.25, 0.3) is 0 Å². The van der Waals surface area contributed by atoms with Gasteiger partial charge in [0.2, 0.25) is 0 Å². The third kappa shape index (κ3) is 7.70. The Bertz CT molecular complexity index is 445. The molecule has 6 heteroatoms. The summed E-state index contributed by atoms with van der Waals surface area (Å²) in [5.41, 5.74) is 0.0672. The fourth-order valence-electron chi connectivity index (χ4n) is 2.40. The molecule has 0 radical (unpaired) electrons. The summed E-state index contributed by atoms with van der Waals surface area (Å²) in [6, 6.07) is 5.64. The number of alkyl halides is 3. The van der Waals surface area contributed by atoms with E-state index in [9.17, 15) is 13.2 Å². The average Bonchev–Trinajstić information content (AvgIpc) is 2.44. The molecule has 0 atom stereocenters. The molecule has 0 bridgehead atoms. The van der Waals surface area contributed by atoms with Crippen molar-refractivity contribution < 1.29 is 13.2 Å². The van der Waals surface area contributed by atoms with E-state index in [2.05, 4.69) is 14.7 Å². The number of anilines is 1. The van der Waals surface area contributed by atoms with Crippen molar-refractivity contribution in [3.05, 3.63) is 29.8 Å². The van der Waals surface area contributed by atoms with E-state index in [0.29, 0.717) is 5.69 Å². The Balaban J connectivity index is 2.80. The van der Waals surface area contributed by atoms with E-state index in [1.54, 1.807) is 6.07 Å². The number of nitrogens with zero attached hydrogens (tertiary/aromatic N) is 3. The Morgan fingerprint density at radius 1 is 0.826 bits per heavy atom. The van der Waals surface area contributed by atoms with E-state index >= 15 is 0 Å². The van der Waals surface area contributed by atoms with Crippen LogP contribution in [0.1, 0.15) is 18.4 Å². The minimum atomic E-state index is -4.30. The zero-order valence-corrected chi connectivity index (χ0v) is 14.5. The first-order chi connectivity index (χ1) is 10.7.